The van der Waals surface area contributed by atoms with E-state index in [9.17, 15) is 19.2 Å². The summed E-state index contributed by atoms with van der Waals surface area (Å²) in [6.45, 7) is 2.92. The van der Waals surface area contributed by atoms with Gasteiger partial charge < -0.3 is 29.9 Å². The first-order chi connectivity index (χ1) is 19.9. The second-order valence-electron chi connectivity index (χ2n) is 10.6. The number of aliphatic hydroxyl groups excluding tert-OH is 1. The van der Waals surface area contributed by atoms with Gasteiger partial charge in [0.25, 0.3) is 5.56 Å². The fourth-order valence-electron chi connectivity index (χ4n) is 5.11. The molecule has 1 aliphatic carbocycles. The second-order valence-corrected chi connectivity index (χ2v) is 10.6. The number of ketones is 1. The molecule has 1 saturated heterocycles. The van der Waals surface area contributed by atoms with Crippen molar-refractivity contribution >= 4 is 29.4 Å². The van der Waals surface area contributed by atoms with Crippen LogP contribution in [0.3, 0.4) is 0 Å². The standard InChI is InChI=1S/C31H40N4O6/c1-3-25-15-26(32-2)29(31(40)35(25)17-27(38)22-7-5-4-6-8-22)30(41-20-21-9-10-21)23(18-36)16-33-24-11-13-34(14-12-24)28(39)19-37/h4-8,15,18,21,24,32-33,37H,3,9-14,16-17,19-20H2,1-2H3/b30-23+. The van der Waals surface area contributed by atoms with Gasteiger partial charge in [0.15, 0.2) is 12.1 Å². The number of carbonyl (C=O) groups excluding carboxylic acids is 3. The third kappa shape index (κ3) is 7.51. The monoisotopic (exact) mass is 564 g/mol. The molecule has 1 aromatic carbocycles. The number of nitrogens with zero attached hydrogens (tertiary/aromatic N) is 2. The molecule has 2 heterocycles. The molecule has 41 heavy (non-hydrogen) atoms. The number of aromatic nitrogens is 1. The predicted molar refractivity (Wildman–Crippen MR) is 157 cm³/mol. The maximum atomic E-state index is 14.1. The number of rotatable bonds is 14. The number of pyridine rings is 1. The Kier molecular flexibility index (Phi) is 10.5. The first kappa shape index (κ1) is 30.2. The van der Waals surface area contributed by atoms with Crippen molar-refractivity contribution in [1.82, 2.24) is 14.8 Å². The van der Waals surface area contributed by atoms with E-state index in [0.29, 0.717) is 67.4 Å². The number of amides is 1. The van der Waals surface area contributed by atoms with Gasteiger partial charge in [0.2, 0.25) is 5.91 Å². The van der Waals surface area contributed by atoms with Crippen LogP contribution in [-0.2, 0) is 27.3 Å². The molecule has 0 atom stereocenters. The normalized spacial score (nSPS) is 16.2. The molecule has 4 rings (SSSR count). The van der Waals surface area contributed by atoms with E-state index in [0.717, 1.165) is 19.1 Å². The van der Waals surface area contributed by atoms with E-state index >= 15 is 0 Å². The fraction of sp³-hybridized carbons (Fsp3) is 0.484. The van der Waals surface area contributed by atoms with Crippen LogP contribution in [0, 0.1) is 5.92 Å². The molecule has 10 heteroatoms. The van der Waals surface area contributed by atoms with Gasteiger partial charge in [-0.2, -0.15) is 0 Å². The van der Waals surface area contributed by atoms with Crippen molar-refractivity contribution in [2.24, 2.45) is 5.92 Å². The number of likely N-dealkylation sites (tertiary alicyclic amines) is 1. The number of anilines is 1. The number of nitrogens with one attached hydrogen (secondary N) is 2. The molecule has 0 spiro atoms. The Morgan fingerprint density at radius 1 is 1.12 bits per heavy atom. The van der Waals surface area contributed by atoms with Gasteiger partial charge in [0, 0.05) is 49.6 Å². The number of Topliss-reactive ketones (excluding diaryl/α,β-unsaturated/α-hetero) is 1. The molecule has 0 bridgehead atoms. The number of piperidine rings is 1. The molecule has 10 nitrogen and oxygen atoms in total. The number of hydrogen-bond acceptors (Lipinski definition) is 8. The molecule has 0 unspecified atom stereocenters. The summed E-state index contributed by atoms with van der Waals surface area (Å²) in [5.41, 5.74) is 1.92. The number of aryl methyl sites for hydroxylation is 1. The van der Waals surface area contributed by atoms with Gasteiger partial charge in [-0.25, -0.2) is 0 Å². The molecule has 3 N–H and O–H groups in total. The summed E-state index contributed by atoms with van der Waals surface area (Å²) in [5, 5.41) is 15.6. The molecule has 2 aliphatic rings. The molecule has 1 aromatic heterocycles. The van der Waals surface area contributed by atoms with E-state index < -0.39 is 6.61 Å². The minimum Gasteiger partial charge on any atom is -0.492 e. The Balaban J connectivity index is 1.67. The Bertz CT molecular complexity index is 1320. The van der Waals surface area contributed by atoms with Crippen LogP contribution >= 0.6 is 0 Å². The third-order valence-corrected chi connectivity index (χ3v) is 7.80. The molecular weight excluding hydrogens is 524 g/mol. The Morgan fingerprint density at radius 3 is 2.41 bits per heavy atom. The number of carbonyl (C=O) groups is 3. The summed E-state index contributed by atoms with van der Waals surface area (Å²) in [6, 6.07) is 10.8. The van der Waals surface area contributed by atoms with Crippen molar-refractivity contribution in [3.63, 3.8) is 0 Å². The highest BCUT2D eigenvalue weighted by molar-refractivity contribution is 5.96. The average molecular weight is 565 g/mol. The van der Waals surface area contributed by atoms with Crippen LogP contribution in [0.2, 0.25) is 0 Å². The van der Waals surface area contributed by atoms with Gasteiger partial charge >= 0.3 is 0 Å². The van der Waals surface area contributed by atoms with Gasteiger partial charge in [-0.3, -0.25) is 19.2 Å². The second kappa shape index (κ2) is 14.2. The van der Waals surface area contributed by atoms with E-state index in [1.54, 1.807) is 36.2 Å². The first-order valence-corrected chi connectivity index (χ1v) is 14.4. The zero-order chi connectivity index (χ0) is 29.4. The van der Waals surface area contributed by atoms with Crippen LogP contribution in [0.5, 0.6) is 0 Å². The van der Waals surface area contributed by atoms with Crippen LogP contribution in [0.25, 0.3) is 5.76 Å². The van der Waals surface area contributed by atoms with E-state index in [-0.39, 0.29) is 47.7 Å². The van der Waals surface area contributed by atoms with Crippen molar-refractivity contribution in [2.75, 3.05) is 45.2 Å². The molecule has 1 aliphatic heterocycles. The summed E-state index contributed by atoms with van der Waals surface area (Å²) in [7, 11) is 1.72. The van der Waals surface area contributed by atoms with Crippen molar-refractivity contribution < 1.29 is 24.2 Å². The average Bonchev–Trinajstić information content (AvgIpc) is 3.84. The van der Waals surface area contributed by atoms with E-state index in [1.807, 2.05) is 19.1 Å². The van der Waals surface area contributed by atoms with Gasteiger partial charge in [0.05, 0.1) is 18.8 Å². The van der Waals surface area contributed by atoms with E-state index in [2.05, 4.69) is 10.6 Å². The Hall–Kier alpha value is -3.76. The highest BCUT2D eigenvalue weighted by atomic mass is 16.5. The molecule has 1 saturated carbocycles. The molecule has 1 amide bonds. The predicted octanol–water partition coefficient (Wildman–Crippen LogP) is 2.24. The molecule has 2 fully saturated rings. The highest BCUT2D eigenvalue weighted by Gasteiger charge is 2.28. The van der Waals surface area contributed by atoms with Crippen molar-refractivity contribution in [1.29, 1.82) is 0 Å². The van der Waals surface area contributed by atoms with Gasteiger partial charge in [-0.05, 0) is 44.1 Å². The van der Waals surface area contributed by atoms with Crippen LogP contribution < -0.4 is 16.2 Å². The number of aldehydes is 1. The lowest BCUT2D eigenvalue weighted by Crippen LogP contribution is -2.46. The maximum Gasteiger partial charge on any atom is 0.264 e. The summed E-state index contributed by atoms with van der Waals surface area (Å²) in [5.74, 6) is 0.141. The first-order valence-electron chi connectivity index (χ1n) is 14.4. The smallest absolute Gasteiger partial charge is 0.264 e. The minimum atomic E-state index is -0.503. The van der Waals surface area contributed by atoms with Gasteiger partial charge in [-0.1, -0.05) is 37.3 Å². The zero-order valence-corrected chi connectivity index (χ0v) is 23.9. The highest BCUT2D eigenvalue weighted by Crippen LogP contribution is 2.33. The molecule has 2 aromatic rings. The number of ether oxygens (including phenoxy) is 1. The SMILES string of the molecule is CCc1cc(NC)c(/C(OCC2CC2)=C(\C=O)CNC2CCN(C(=O)CO)CC2)c(=O)n1CC(=O)c1ccccc1. The van der Waals surface area contributed by atoms with Crippen molar-refractivity contribution in [2.45, 2.75) is 51.6 Å². The van der Waals surface area contributed by atoms with Crippen LogP contribution in [0.15, 0.2) is 46.8 Å². The topological polar surface area (TPSA) is 130 Å². The lowest BCUT2D eigenvalue weighted by molar-refractivity contribution is -0.135. The maximum absolute atomic E-state index is 14.1. The van der Waals surface area contributed by atoms with Crippen LogP contribution in [-0.4, -0.2) is 78.5 Å². The molecule has 0 radical (unpaired) electrons. The lowest BCUT2D eigenvalue weighted by Gasteiger charge is -2.32. The summed E-state index contributed by atoms with van der Waals surface area (Å²) < 4.78 is 7.72. The fourth-order valence-corrected chi connectivity index (χ4v) is 5.11. The van der Waals surface area contributed by atoms with Gasteiger partial charge in [0.1, 0.15) is 17.9 Å². The van der Waals surface area contributed by atoms with Crippen molar-refractivity contribution in [3.05, 3.63) is 69.1 Å². The largest absolute Gasteiger partial charge is 0.492 e. The number of aliphatic hydroxyl groups is 1. The molecular formula is C31H40N4O6. The Morgan fingerprint density at radius 2 is 1.83 bits per heavy atom. The number of benzene rings is 1. The minimum absolute atomic E-state index is 0.0590. The zero-order valence-electron chi connectivity index (χ0n) is 23.9. The Labute approximate surface area is 240 Å². The quantitative estimate of drug-likeness (QED) is 0.138. The third-order valence-electron chi connectivity index (χ3n) is 7.80. The van der Waals surface area contributed by atoms with Crippen molar-refractivity contribution in [3.8, 4) is 0 Å². The number of hydrogen-bond donors (Lipinski definition) is 3. The molecule has 220 valence electrons. The van der Waals surface area contributed by atoms with Crippen LogP contribution in [0.4, 0.5) is 5.69 Å². The lowest BCUT2D eigenvalue weighted by atomic mass is 10.0. The van der Waals surface area contributed by atoms with Crippen LogP contribution in [0.1, 0.15) is 54.2 Å². The van der Waals surface area contributed by atoms with Gasteiger partial charge in [-0.15, -0.1) is 0 Å². The van der Waals surface area contributed by atoms with E-state index in [4.69, 9.17) is 9.84 Å². The van der Waals surface area contributed by atoms with E-state index in [1.165, 1.54) is 4.57 Å². The summed E-state index contributed by atoms with van der Waals surface area (Å²) in [6.07, 6.45) is 4.70. The summed E-state index contributed by atoms with van der Waals surface area (Å²) in [4.78, 5) is 53.1. The summed E-state index contributed by atoms with van der Waals surface area (Å²) >= 11 is 0.